The molecule has 4 heteroatoms. The number of allylic oxidation sites excluding steroid dienone is 2. The van der Waals surface area contributed by atoms with Gasteiger partial charge in [-0.05, 0) is 31.1 Å². The lowest BCUT2D eigenvalue weighted by atomic mass is 9.85. The highest BCUT2D eigenvalue weighted by Crippen LogP contribution is 2.52. The van der Waals surface area contributed by atoms with Crippen molar-refractivity contribution in [1.82, 2.24) is 10.0 Å². The molecule has 4 atom stereocenters. The van der Waals surface area contributed by atoms with Crippen LogP contribution < -0.4 is 0 Å². The molecule has 3 fully saturated rings. The third kappa shape index (κ3) is 1.24. The van der Waals surface area contributed by atoms with Crippen molar-refractivity contribution in [3.05, 3.63) is 12.2 Å². The number of imide groups is 1. The molecule has 0 aromatic heterocycles. The van der Waals surface area contributed by atoms with Gasteiger partial charge in [0.15, 0.2) is 0 Å². The summed E-state index contributed by atoms with van der Waals surface area (Å²) in [6.45, 7) is 1.72. The molecule has 0 unspecified atom stereocenters. The summed E-state index contributed by atoms with van der Waals surface area (Å²) < 4.78 is 0. The summed E-state index contributed by atoms with van der Waals surface area (Å²) in [5.74, 6) is 0.703. The first-order valence-electron chi connectivity index (χ1n) is 7.08. The zero-order valence-electron chi connectivity index (χ0n) is 10.4. The van der Waals surface area contributed by atoms with E-state index in [4.69, 9.17) is 0 Å². The highest BCUT2D eigenvalue weighted by atomic mass is 16.2. The molecular formula is C14H18N2O2. The molecule has 0 spiro atoms. The van der Waals surface area contributed by atoms with Gasteiger partial charge in [-0.2, -0.15) is 0 Å². The molecule has 2 aliphatic heterocycles. The minimum absolute atomic E-state index is 0.0468. The molecule has 2 bridgehead atoms. The first-order chi connectivity index (χ1) is 8.77. The Labute approximate surface area is 107 Å². The fraction of sp³-hybridized carbons (Fsp3) is 0.714. The number of hydrogen-bond acceptors (Lipinski definition) is 3. The first kappa shape index (κ1) is 10.7. The van der Waals surface area contributed by atoms with Crippen LogP contribution in [-0.2, 0) is 9.59 Å². The van der Waals surface area contributed by atoms with Gasteiger partial charge in [0.05, 0.1) is 11.8 Å². The Bertz CT molecular complexity index is 409. The van der Waals surface area contributed by atoms with Crippen molar-refractivity contribution in [1.29, 1.82) is 0 Å². The molecule has 4 rings (SSSR count). The summed E-state index contributed by atoms with van der Waals surface area (Å²) in [5.41, 5.74) is 0. The number of hydrazine groups is 1. The molecule has 0 N–H and O–H groups in total. The number of piperidine rings is 1. The van der Waals surface area contributed by atoms with Crippen molar-refractivity contribution in [2.24, 2.45) is 23.7 Å². The van der Waals surface area contributed by atoms with Crippen LogP contribution in [0.1, 0.15) is 25.7 Å². The van der Waals surface area contributed by atoms with Crippen LogP contribution in [0.4, 0.5) is 0 Å². The molecular weight excluding hydrogens is 228 g/mol. The summed E-state index contributed by atoms with van der Waals surface area (Å²) in [6, 6.07) is 0. The number of rotatable bonds is 1. The number of nitrogens with zero attached hydrogens (tertiary/aromatic N) is 2. The number of fused-ring (bicyclic) bond motifs is 5. The Kier molecular flexibility index (Phi) is 2.19. The van der Waals surface area contributed by atoms with E-state index in [2.05, 4.69) is 12.2 Å². The van der Waals surface area contributed by atoms with E-state index in [1.165, 1.54) is 11.4 Å². The Morgan fingerprint density at radius 2 is 1.44 bits per heavy atom. The van der Waals surface area contributed by atoms with Crippen LogP contribution in [0.25, 0.3) is 0 Å². The Morgan fingerprint density at radius 1 is 0.889 bits per heavy atom. The van der Waals surface area contributed by atoms with E-state index in [1.54, 1.807) is 0 Å². The molecule has 0 aromatic rings. The molecule has 2 saturated heterocycles. The fourth-order valence-corrected chi connectivity index (χ4v) is 4.24. The van der Waals surface area contributed by atoms with Crippen LogP contribution in [0.5, 0.6) is 0 Å². The monoisotopic (exact) mass is 246 g/mol. The predicted octanol–water partition coefficient (Wildman–Crippen LogP) is 1.19. The second-order valence-corrected chi connectivity index (χ2v) is 6.00. The Hall–Kier alpha value is -1.16. The second kappa shape index (κ2) is 3.67. The van der Waals surface area contributed by atoms with Gasteiger partial charge in [0.1, 0.15) is 0 Å². The molecule has 0 aromatic carbocycles. The van der Waals surface area contributed by atoms with E-state index in [0.717, 1.165) is 32.4 Å². The van der Waals surface area contributed by atoms with Crippen LogP contribution >= 0.6 is 0 Å². The van der Waals surface area contributed by atoms with Crippen molar-refractivity contribution < 1.29 is 9.59 Å². The molecule has 4 nitrogen and oxygen atoms in total. The van der Waals surface area contributed by atoms with Crippen molar-refractivity contribution in [2.75, 3.05) is 13.1 Å². The lowest BCUT2D eigenvalue weighted by Gasteiger charge is -2.33. The van der Waals surface area contributed by atoms with Gasteiger partial charge in [0, 0.05) is 13.1 Å². The maximum Gasteiger partial charge on any atom is 0.248 e. The lowest BCUT2D eigenvalue weighted by molar-refractivity contribution is -0.161. The normalized spacial score (nSPS) is 43.0. The van der Waals surface area contributed by atoms with Gasteiger partial charge in [-0.1, -0.05) is 18.6 Å². The summed E-state index contributed by atoms with van der Waals surface area (Å²) in [5, 5.41) is 3.49. The van der Waals surface area contributed by atoms with E-state index >= 15 is 0 Å². The summed E-state index contributed by atoms with van der Waals surface area (Å²) in [4.78, 5) is 25.0. The summed E-state index contributed by atoms with van der Waals surface area (Å²) in [7, 11) is 0. The molecule has 0 radical (unpaired) electrons. The number of amides is 2. The predicted molar refractivity (Wildman–Crippen MR) is 65.0 cm³/mol. The third-order valence-corrected chi connectivity index (χ3v) is 5.06. The minimum Gasteiger partial charge on any atom is -0.273 e. The smallest absolute Gasteiger partial charge is 0.248 e. The highest BCUT2D eigenvalue weighted by Gasteiger charge is 2.60. The van der Waals surface area contributed by atoms with Gasteiger partial charge in [0.2, 0.25) is 11.8 Å². The number of hydrogen-bond donors (Lipinski definition) is 0. The van der Waals surface area contributed by atoms with Crippen molar-refractivity contribution in [2.45, 2.75) is 25.7 Å². The summed E-state index contributed by atoms with van der Waals surface area (Å²) >= 11 is 0. The topological polar surface area (TPSA) is 40.6 Å². The lowest BCUT2D eigenvalue weighted by Crippen LogP contribution is -2.49. The number of carbonyl (C=O) groups is 2. The van der Waals surface area contributed by atoms with Crippen LogP contribution in [0.15, 0.2) is 12.2 Å². The van der Waals surface area contributed by atoms with Gasteiger partial charge in [-0.15, -0.1) is 0 Å². The van der Waals surface area contributed by atoms with Gasteiger partial charge >= 0.3 is 0 Å². The first-order valence-corrected chi connectivity index (χ1v) is 7.08. The van der Waals surface area contributed by atoms with Crippen molar-refractivity contribution in [3.8, 4) is 0 Å². The number of carbonyl (C=O) groups excluding carboxylic acids is 2. The molecule has 96 valence electrons. The van der Waals surface area contributed by atoms with Gasteiger partial charge < -0.3 is 0 Å². The SMILES string of the molecule is O=C1[C@@H]2[C@H](C(=O)N1N1CCCCC1)[C@H]1C=C[C@@H]2C1. The van der Waals surface area contributed by atoms with Crippen molar-refractivity contribution in [3.63, 3.8) is 0 Å². The largest absolute Gasteiger partial charge is 0.273 e. The molecule has 2 aliphatic carbocycles. The van der Waals surface area contributed by atoms with E-state index in [9.17, 15) is 9.59 Å². The Balaban J connectivity index is 1.63. The van der Waals surface area contributed by atoms with Crippen LogP contribution in [-0.4, -0.2) is 34.9 Å². The maximum absolute atomic E-state index is 12.5. The second-order valence-electron chi connectivity index (χ2n) is 6.00. The Morgan fingerprint density at radius 3 is 2.00 bits per heavy atom. The minimum atomic E-state index is -0.0468. The van der Waals surface area contributed by atoms with Crippen LogP contribution in [0.2, 0.25) is 0 Å². The molecule has 2 heterocycles. The van der Waals surface area contributed by atoms with Gasteiger partial charge in [0.25, 0.3) is 0 Å². The average Bonchev–Trinajstić information content (AvgIpc) is 3.05. The molecule has 4 aliphatic rings. The van der Waals surface area contributed by atoms with E-state index in [0.29, 0.717) is 11.8 Å². The fourth-order valence-electron chi connectivity index (χ4n) is 4.24. The quantitative estimate of drug-likeness (QED) is 0.515. The van der Waals surface area contributed by atoms with Gasteiger partial charge in [-0.25, -0.2) is 10.0 Å². The average molecular weight is 246 g/mol. The van der Waals surface area contributed by atoms with E-state index in [-0.39, 0.29) is 23.7 Å². The maximum atomic E-state index is 12.5. The van der Waals surface area contributed by atoms with E-state index in [1.807, 2.05) is 5.01 Å². The highest BCUT2D eigenvalue weighted by molar-refractivity contribution is 6.05. The third-order valence-electron chi connectivity index (χ3n) is 5.06. The zero-order chi connectivity index (χ0) is 12.3. The van der Waals surface area contributed by atoms with Crippen LogP contribution in [0, 0.1) is 23.7 Å². The van der Waals surface area contributed by atoms with E-state index < -0.39 is 0 Å². The van der Waals surface area contributed by atoms with Crippen molar-refractivity contribution >= 4 is 11.8 Å². The zero-order valence-corrected chi connectivity index (χ0v) is 10.4. The summed E-state index contributed by atoms with van der Waals surface area (Å²) in [6.07, 6.45) is 8.72. The van der Waals surface area contributed by atoms with Gasteiger partial charge in [-0.3, -0.25) is 9.59 Å². The molecule has 18 heavy (non-hydrogen) atoms. The standard InChI is InChI=1S/C14H18N2O2/c17-13-11-9-4-5-10(8-9)12(11)14(18)16(13)15-6-2-1-3-7-15/h4-5,9-12H,1-3,6-8H2/t9-,10+,11+,12-. The molecule has 2 amide bonds. The molecule has 1 saturated carbocycles. The van der Waals surface area contributed by atoms with Crippen LogP contribution in [0.3, 0.4) is 0 Å².